The van der Waals surface area contributed by atoms with Gasteiger partial charge in [-0.25, -0.2) is 4.98 Å². The topological polar surface area (TPSA) is 45.2 Å². The molecule has 0 fully saturated rings. The number of aryl methyl sites for hydroxylation is 1. The lowest BCUT2D eigenvalue weighted by atomic mass is 9.99. The van der Waals surface area contributed by atoms with Crippen molar-refractivity contribution in [2.75, 3.05) is 18.9 Å². The smallest absolute Gasteiger partial charge is 0.254 e. The maximum absolute atomic E-state index is 12.7. The third-order valence-corrected chi connectivity index (χ3v) is 3.87. The number of carbonyl (C=O) groups is 1. The van der Waals surface area contributed by atoms with Crippen molar-refractivity contribution in [3.63, 3.8) is 0 Å². The molecule has 1 aliphatic rings. The zero-order valence-electron chi connectivity index (χ0n) is 12.4. The Morgan fingerprint density at radius 2 is 2.00 bits per heavy atom. The van der Waals surface area contributed by atoms with E-state index in [1.807, 2.05) is 37.1 Å². The molecule has 1 aromatic carbocycles. The fourth-order valence-electron chi connectivity index (χ4n) is 2.77. The number of carbonyl (C=O) groups excluding carboxylic acids is 1. The van der Waals surface area contributed by atoms with Crippen LogP contribution in [0, 0.1) is 6.92 Å². The predicted octanol–water partition coefficient (Wildman–Crippen LogP) is 2.63. The van der Waals surface area contributed by atoms with Crippen LogP contribution in [0.3, 0.4) is 0 Å². The van der Waals surface area contributed by atoms with Gasteiger partial charge in [-0.2, -0.15) is 0 Å². The quantitative estimate of drug-likeness (QED) is 0.920. The summed E-state index contributed by atoms with van der Waals surface area (Å²) in [5, 5.41) is 3.00. The van der Waals surface area contributed by atoms with Crippen LogP contribution in [0.5, 0.6) is 0 Å². The molecule has 3 rings (SSSR count). The Labute approximate surface area is 124 Å². The normalized spacial score (nSPS) is 13.7. The highest BCUT2D eigenvalue weighted by Gasteiger charge is 2.22. The highest BCUT2D eigenvalue weighted by molar-refractivity contribution is 5.95. The maximum Gasteiger partial charge on any atom is 0.254 e. The van der Waals surface area contributed by atoms with Gasteiger partial charge in [0.2, 0.25) is 0 Å². The van der Waals surface area contributed by atoms with E-state index in [-0.39, 0.29) is 5.91 Å². The molecular weight excluding hydrogens is 262 g/mol. The van der Waals surface area contributed by atoms with Crippen LogP contribution in [0.1, 0.15) is 27.2 Å². The van der Waals surface area contributed by atoms with E-state index < -0.39 is 0 Å². The molecule has 0 saturated carbocycles. The summed E-state index contributed by atoms with van der Waals surface area (Å²) in [7, 11) is 1.81. The fraction of sp³-hybridized carbons (Fsp3) is 0.294. The first kappa shape index (κ1) is 13.6. The number of nitrogens with zero attached hydrogens (tertiary/aromatic N) is 2. The van der Waals surface area contributed by atoms with Gasteiger partial charge in [-0.05, 0) is 36.6 Å². The Bertz CT molecular complexity index is 681. The van der Waals surface area contributed by atoms with Crippen LogP contribution in [-0.2, 0) is 13.0 Å². The van der Waals surface area contributed by atoms with E-state index in [4.69, 9.17) is 0 Å². The Morgan fingerprint density at radius 1 is 1.24 bits per heavy atom. The Balaban J connectivity index is 1.85. The lowest BCUT2D eigenvalue weighted by Gasteiger charge is -2.29. The van der Waals surface area contributed by atoms with Crippen molar-refractivity contribution in [2.24, 2.45) is 0 Å². The molecule has 21 heavy (non-hydrogen) atoms. The molecule has 0 unspecified atom stereocenters. The number of hydrogen-bond acceptors (Lipinski definition) is 3. The first-order valence-electron chi connectivity index (χ1n) is 7.20. The summed E-state index contributed by atoms with van der Waals surface area (Å²) in [6.07, 6.45) is 0.921. The minimum Gasteiger partial charge on any atom is -0.373 e. The molecule has 4 heteroatoms. The molecule has 1 aliphatic heterocycles. The van der Waals surface area contributed by atoms with Gasteiger partial charge in [-0.3, -0.25) is 4.79 Å². The SMILES string of the molecule is CNc1cc(C(=O)N2CCc3ccccc3C2)cc(C)n1. The summed E-state index contributed by atoms with van der Waals surface area (Å²) in [6.45, 7) is 3.36. The van der Waals surface area contributed by atoms with Crippen molar-refractivity contribution < 1.29 is 4.79 Å². The number of anilines is 1. The molecule has 2 heterocycles. The molecule has 0 spiro atoms. The highest BCUT2D eigenvalue weighted by Crippen LogP contribution is 2.21. The molecule has 0 atom stereocenters. The van der Waals surface area contributed by atoms with E-state index in [0.717, 1.165) is 24.5 Å². The fourth-order valence-corrected chi connectivity index (χ4v) is 2.77. The number of fused-ring (bicyclic) bond motifs is 1. The molecule has 0 radical (unpaired) electrons. The first-order chi connectivity index (χ1) is 10.2. The molecule has 1 amide bonds. The number of nitrogens with one attached hydrogen (secondary N) is 1. The van der Waals surface area contributed by atoms with Crippen LogP contribution in [0.2, 0.25) is 0 Å². The molecule has 1 N–H and O–H groups in total. The van der Waals surface area contributed by atoms with Crippen molar-refractivity contribution >= 4 is 11.7 Å². The third kappa shape index (κ3) is 2.75. The van der Waals surface area contributed by atoms with Gasteiger partial charge in [-0.1, -0.05) is 24.3 Å². The first-order valence-corrected chi connectivity index (χ1v) is 7.20. The average Bonchev–Trinajstić information content (AvgIpc) is 2.53. The van der Waals surface area contributed by atoms with E-state index in [0.29, 0.717) is 12.1 Å². The van der Waals surface area contributed by atoms with Gasteiger partial charge in [0.1, 0.15) is 5.82 Å². The molecule has 0 saturated heterocycles. The van der Waals surface area contributed by atoms with E-state index >= 15 is 0 Å². The monoisotopic (exact) mass is 281 g/mol. The molecule has 2 aromatic rings. The van der Waals surface area contributed by atoms with Crippen molar-refractivity contribution in [2.45, 2.75) is 19.9 Å². The number of benzene rings is 1. The summed E-state index contributed by atoms with van der Waals surface area (Å²) in [4.78, 5) is 18.9. The Kier molecular flexibility index (Phi) is 3.60. The Morgan fingerprint density at radius 3 is 2.76 bits per heavy atom. The number of pyridine rings is 1. The summed E-state index contributed by atoms with van der Waals surface area (Å²) >= 11 is 0. The minimum absolute atomic E-state index is 0.0755. The number of rotatable bonds is 2. The second-order valence-electron chi connectivity index (χ2n) is 5.38. The van der Waals surface area contributed by atoms with Crippen LogP contribution in [-0.4, -0.2) is 29.4 Å². The van der Waals surface area contributed by atoms with Crippen LogP contribution >= 0.6 is 0 Å². The zero-order valence-corrected chi connectivity index (χ0v) is 12.4. The van der Waals surface area contributed by atoms with Gasteiger partial charge in [0.05, 0.1) is 0 Å². The maximum atomic E-state index is 12.7. The standard InChI is InChI=1S/C17H19N3O/c1-12-9-15(10-16(18-2)19-12)17(21)20-8-7-13-5-3-4-6-14(13)11-20/h3-6,9-10H,7-8,11H2,1-2H3,(H,18,19). The van der Waals surface area contributed by atoms with Gasteiger partial charge in [-0.15, -0.1) is 0 Å². The van der Waals surface area contributed by atoms with Crippen molar-refractivity contribution in [1.82, 2.24) is 9.88 Å². The van der Waals surface area contributed by atoms with E-state index in [9.17, 15) is 4.79 Å². The van der Waals surface area contributed by atoms with Gasteiger partial charge >= 0.3 is 0 Å². The van der Waals surface area contributed by atoms with Crippen LogP contribution in [0.4, 0.5) is 5.82 Å². The van der Waals surface area contributed by atoms with Crippen molar-refractivity contribution in [3.8, 4) is 0 Å². The van der Waals surface area contributed by atoms with Gasteiger partial charge < -0.3 is 10.2 Å². The van der Waals surface area contributed by atoms with Gasteiger partial charge in [0, 0.05) is 31.4 Å². The zero-order chi connectivity index (χ0) is 14.8. The number of amides is 1. The largest absolute Gasteiger partial charge is 0.373 e. The third-order valence-electron chi connectivity index (χ3n) is 3.87. The van der Waals surface area contributed by atoms with Crippen LogP contribution in [0.15, 0.2) is 36.4 Å². The van der Waals surface area contributed by atoms with Gasteiger partial charge in [0.25, 0.3) is 5.91 Å². The van der Waals surface area contributed by atoms with Crippen LogP contribution in [0.25, 0.3) is 0 Å². The lowest BCUT2D eigenvalue weighted by molar-refractivity contribution is 0.0734. The molecule has 1 aromatic heterocycles. The molecule has 108 valence electrons. The number of hydrogen-bond donors (Lipinski definition) is 1. The van der Waals surface area contributed by atoms with Crippen molar-refractivity contribution in [3.05, 3.63) is 58.8 Å². The Hall–Kier alpha value is -2.36. The van der Waals surface area contributed by atoms with Gasteiger partial charge in [0.15, 0.2) is 0 Å². The molecule has 0 aliphatic carbocycles. The predicted molar refractivity (Wildman–Crippen MR) is 83.4 cm³/mol. The molecular formula is C17H19N3O. The lowest BCUT2D eigenvalue weighted by Crippen LogP contribution is -2.36. The summed E-state index contributed by atoms with van der Waals surface area (Å²) in [5.41, 5.74) is 4.15. The second kappa shape index (κ2) is 5.56. The van der Waals surface area contributed by atoms with E-state index in [1.165, 1.54) is 11.1 Å². The second-order valence-corrected chi connectivity index (χ2v) is 5.38. The van der Waals surface area contributed by atoms with Crippen molar-refractivity contribution in [1.29, 1.82) is 0 Å². The van der Waals surface area contributed by atoms with Crippen LogP contribution < -0.4 is 5.32 Å². The summed E-state index contributed by atoms with van der Waals surface area (Å²) < 4.78 is 0. The molecule has 4 nitrogen and oxygen atoms in total. The summed E-state index contributed by atoms with van der Waals surface area (Å²) in [5.74, 6) is 0.808. The van der Waals surface area contributed by atoms with E-state index in [1.54, 1.807) is 0 Å². The van der Waals surface area contributed by atoms with E-state index in [2.05, 4.69) is 28.5 Å². The highest BCUT2D eigenvalue weighted by atomic mass is 16.2. The number of aromatic nitrogens is 1. The minimum atomic E-state index is 0.0755. The molecule has 0 bridgehead atoms. The average molecular weight is 281 g/mol. The summed E-state index contributed by atoms with van der Waals surface area (Å²) in [6, 6.07) is 12.0.